The van der Waals surface area contributed by atoms with E-state index in [-0.39, 0.29) is 36.6 Å². The van der Waals surface area contributed by atoms with Crippen molar-refractivity contribution >= 4 is 18.3 Å². The molecule has 11 heteroatoms. The lowest BCUT2D eigenvalue weighted by Gasteiger charge is -2.58. The monoisotopic (exact) mass is 490 g/mol. The predicted molar refractivity (Wildman–Crippen MR) is 121 cm³/mol. The molecule has 192 valence electrons. The highest BCUT2D eigenvalue weighted by Gasteiger charge is 2.69. The van der Waals surface area contributed by atoms with Crippen LogP contribution in [0, 0.1) is 23.7 Å². The lowest BCUT2D eigenvalue weighted by molar-refractivity contribution is -0.557. The molecule has 8 unspecified atom stereocenters. The van der Waals surface area contributed by atoms with Gasteiger partial charge in [0.2, 0.25) is 18.0 Å². The van der Waals surface area contributed by atoms with E-state index in [1.165, 1.54) is 6.33 Å². The van der Waals surface area contributed by atoms with Gasteiger partial charge in [-0.2, -0.15) is 0 Å². The van der Waals surface area contributed by atoms with Crippen molar-refractivity contribution < 1.29 is 33.6 Å². The van der Waals surface area contributed by atoms with Crippen molar-refractivity contribution in [1.29, 1.82) is 0 Å². The Balaban J connectivity index is 1.25. The van der Waals surface area contributed by atoms with E-state index in [0.29, 0.717) is 24.7 Å². The molecule has 8 atom stereocenters. The highest BCUT2D eigenvalue weighted by Crippen LogP contribution is 2.59. The zero-order chi connectivity index (χ0) is 24.6. The van der Waals surface area contributed by atoms with Crippen LogP contribution in [0.1, 0.15) is 58.6 Å². The van der Waals surface area contributed by atoms with Gasteiger partial charge in [0, 0.05) is 48.9 Å². The first kappa shape index (κ1) is 24.2. The van der Waals surface area contributed by atoms with Crippen molar-refractivity contribution in [3.63, 3.8) is 0 Å². The molecule has 2 N–H and O–H groups in total. The largest absolute Gasteiger partial charge is 0.448 e. The SMILES string of the molecule is CC1CCC2C(C)/C(=N\CCC(=O)NC(Cc3cnc[nH]3)OC=O)OC3OC4(C)CCC1C32OO4. The zero-order valence-corrected chi connectivity index (χ0v) is 20.4. The van der Waals surface area contributed by atoms with Crippen LogP contribution in [0.15, 0.2) is 17.5 Å². The number of imidazole rings is 1. The maximum absolute atomic E-state index is 12.5. The van der Waals surface area contributed by atoms with Gasteiger partial charge in [0.05, 0.1) is 12.9 Å². The maximum Gasteiger partial charge on any atom is 0.295 e. The fourth-order valence-corrected chi connectivity index (χ4v) is 6.27. The number of hydrogen-bond acceptors (Lipinski definition) is 9. The van der Waals surface area contributed by atoms with E-state index in [1.54, 1.807) is 6.20 Å². The van der Waals surface area contributed by atoms with E-state index >= 15 is 0 Å². The molecule has 2 bridgehead atoms. The van der Waals surface area contributed by atoms with Crippen molar-refractivity contribution in [2.45, 2.75) is 83.2 Å². The molecule has 1 aliphatic carbocycles. The minimum Gasteiger partial charge on any atom is -0.448 e. The second kappa shape index (κ2) is 9.51. The molecule has 0 aromatic carbocycles. The molecule has 1 amide bonds. The number of carbonyl (C=O) groups excluding carboxylic acids is 2. The molecule has 5 heterocycles. The van der Waals surface area contributed by atoms with Crippen LogP contribution in [0.3, 0.4) is 0 Å². The first-order chi connectivity index (χ1) is 16.8. The predicted octanol–water partition coefficient (Wildman–Crippen LogP) is 2.24. The first-order valence-electron chi connectivity index (χ1n) is 12.5. The van der Waals surface area contributed by atoms with Gasteiger partial charge in [-0.1, -0.05) is 13.8 Å². The van der Waals surface area contributed by atoms with Crippen molar-refractivity contribution in [1.82, 2.24) is 15.3 Å². The molecule has 5 aliphatic rings. The standard InChI is InChI=1S/C24H34N4O7/c1-14-4-5-18-15(2)21(32-22-24(18)17(14)6-8-23(3,33-22)34-35-24)26-9-7-19(30)28-20(31-13-29)10-16-11-25-12-27-16/h11-15,17-18,20,22H,4-10H2,1-3H3,(H,25,27)(H,28,30)/b26-21+. The Morgan fingerprint density at radius 2 is 2.20 bits per heavy atom. The van der Waals surface area contributed by atoms with Gasteiger partial charge in [0.25, 0.3) is 6.47 Å². The Kier molecular flexibility index (Phi) is 6.58. The number of aromatic amines is 1. The third-order valence-corrected chi connectivity index (χ3v) is 8.10. The quantitative estimate of drug-likeness (QED) is 0.322. The summed E-state index contributed by atoms with van der Waals surface area (Å²) in [6, 6.07) is 0. The fourth-order valence-electron chi connectivity index (χ4n) is 6.27. The van der Waals surface area contributed by atoms with Crippen LogP contribution in [0.5, 0.6) is 0 Å². The molecule has 6 rings (SSSR count). The van der Waals surface area contributed by atoms with Crippen molar-refractivity contribution in [3.05, 3.63) is 18.2 Å². The van der Waals surface area contributed by atoms with Gasteiger partial charge in [-0.05, 0) is 32.1 Å². The average molecular weight is 491 g/mol. The number of nitrogens with zero attached hydrogens (tertiary/aromatic N) is 2. The van der Waals surface area contributed by atoms with Gasteiger partial charge >= 0.3 is 0 Å². The van der Waals surface area contributed by atoms with Gasteiger partial charge in [-0.3, -0.25) is 14.6 Å². The number of hydrogen-bond donors (Lipinski definition) is 2. The Morgan fingerprint density at radius 3 is 2.97 bits per heavy atom. The van der Waals surface area contributed by atoms with E-state index in [1.807, 2.05) is 6.92 Å². The molecule has 1 aromatic rings. The van der Waals surface area contributed by atoms with Crippen LogP contribution in [0.4, 0.5) is 0 Å². The average Bonchev–Trinajstić information content (AvgIpc) is 3.22. The Bertz CT molecular complexity index is 956. The van der Waals surface area contributed by atoms with E-state index in [2.05, 4.69) is 34.1 Å². The molecular weight excluding hydrogens is 456 g/mol. The number of ether oxygens (including phenoxy) is 3. The summed E-state index contributed by atoms with van der Waals surface area (Å²) in [5.74, 6) is 0.400. The lowest BCUT2D eigenvalue weighted by Crippen LogP contribution is -2.69. The molecule has 11 nitrogen and oxygen atoms in total. The van der Waals surface area contributed by atoms with Crippen molar-refractivity contribution in [2.24, 2.45) is 28.7 Å². The van der Waals surface area contributed by atoms with E-state index in [9.17, 15) is 9.59 Å². The summed E-state index contributed by atoms with van der Waals surface area (Å²) < 4.78 is 17.7. The molecule has 4 aliphatic heterocycles. The minimum atomic E-state index is -0.842. The van der Waals surface area contributed by atoms with E-state index in [4.69, 9.17) is 24.0 Å². The highest BCUT2D eigenvalue weighted by molar-refractivity contribution is 5.81. The molecule has 5 fully saturated rings. The lowest BCUT2D eigenvalue weighted by atomic mass is 9.58. The molecular formula is C24H34N4O7. The molecule has 1 aromatic heterocycles. The van der Waals surface area contributed by atoms with Gasteiger partial charge in [-0.25, -0.2) is 14.8 Å². The van der Waals surface area contributed by atoms with Gasteiger partial charge in [0.1, 0.15) is 0 Å². The number of nitrogens with one attached hydrogen (secondary N) is 2. The normalized spacial score (nSPS) is 39.7. The summed E-state index contributed by atoms with van der Waals surface area (Å²) in [6.07, 6.45) is 5.98. The number of rotatable bonds is 8. The topological polar surface area (TPSA) is 133 Å². The Labute approximate surface area is 204 Å². The smallest absolute Gasteiger partial charge is 0.295 e. The van der Waals surface area contributed by atoms with Crippen LogP contribution in [-0.4, -0.2) is 58.7 Å². The van der Waals surface area contributed by atoms with E-state index in [0.717, 1.165) is 31.4 Å². The van der Waals surface area contributed by atoms with Gasteiger partial charge in [0.15, 0.2) is 17.7 Å². The Morgan fingerprint density at radius 1 is 1.34 bits per heavy atom. The number of amides is 1. The summed E-state index contributed by atoms with van der Waals surface area (Å²) in [5.41, 5.74) is 0.101. The number of H-pyrrole nitrogens is 1. The Hall–Kier alpha value is -2.50. The maximum atomic E-state index is 12.5. The second-order valence-electron chi connectivity index (χ2n) is 10.4. The fraction of sp³-hybridized carbons (Fsp3) is 0.750. The summed E-state index contributed by atoms with van der Waals surface area (Å²) in [4.78, 5) is 46.8. The number of aromatic nitrogens is 2. The summed E-state index contributed by atoms with van der Waals surface area (Å²) in [7, 11) is 0. The molecule has 35 heavy (non-hydrogen) atoms. The molecule has 1 spiro atoms. The third kappa shape index (κ3) is 4.45. The van der Waals surface area contributed by atoms with Crippen molar-refractivity contribution in [2.75, 3.05) is 6.54 Å². The zero-order valence-electron chi connectivity index (χ0n) is 20.4. The minimum absolute atomic E-state index is 0.00508. The summed E-state index contributed by atoms with van der Waals surface area (Å²) in [6.45, 7) is 6.82. The molecule has 1 saturated carbocycles. The van der Waals surface area contributed by atoms with Crippen LogP contribution >= 0.6 is 0 Å². The third-order valence-electron chi connectivity index (χ3n) is 8.10. The highest BCUT2D eigenvalue weighted by atomic mass is 17.3. The van der Waals surface area contributed by atoms with Crippen LogP contribution in [0.25, 0.3) is 0 Å². The second-order valence-corrected chi connectivity index (χ2v) is 10.4. The molecule has 0 radical (unpaired) electrons. The van der Waals surface area contributed by atoms with Gasteiger partial charge in [-0.15, -0.1) is 0 Å². The van der Waals surface area contributed by atoms with Crippen molar-refractivity contribution in [3.8, 4) is 0 Å². The van der Waals surface area contributed by atoms with Crippen LogP contribution in [-0.2, 0) is 40.0 Å². The van der Waals surface area contributed by atoms with Gasteiger partial charge < -0.3 is 24.5 Å². The number of carbonyl (C=O) groups is 2. The van der Waals surface area contributed by atoms with E-state index < -0.39 is 23.9 Å². The number of fused-ring (bicyclic) bond motifs is 2. The van der Waals surface area contributed by atoms with Crippen LogP contribution in [0.2, 0.25) is 0 Å². The summed E-state index contributed by atoms with van der Waals surface area (Å²) in [5, 5.41) is 2.71. The first-order valence-corrected chi connectivity index (χ1v) is 12.5. The molecule has 4 saturated heterocycles. The summed E-state index contributed by atoms with van der Waals surface area (Å²) >= 11 is 0. The number of aliphatic imine (C=N–C) groups is 1. The van der Waals surface area contributed by atoms with Crippen LogP contribution < -0.4 is 5.32 Å².